The molecule has 1 aromatic heterocycles. The van der Waals surface area contributed by atoms with Gasteiger partial charge in [-0.25, -0.2) is 0 Å². The van der Waals surface area contributed by atoms with E-state index < -0.39 is 0 Å². The van der Waals surface area contributed by atoms with Crippen molar-refractivity contribution >= 4 is 5.91 Å². The van der Waals surface area contributed by atoms with E-state index in [0.29, 0.717) is 25.6 Å². The average molecular weight is 433 g/mol. The van der Waals surface area contributed by atoms with Gasteiger partial charge in [-0.15, -0.1) is 0 Å². The van der Waals surface area contributed by atoms with Gasteiger partial charge in [0.1, 0.15) is 5.69 Å². The maximum atomic E-state index is 13.2. The van der Waals surface area contributed by atoms with Crippen LogP contribution in [0.5, 0.6) is 11.5 Å². The van der Waals surface area contributed by atoms with Crippen molar-refractivity contribution in [3.63, 3.8) is 0 Å². The minimum Gasteiger partial charge on any atom is -0.454 e. The number of ether oxygens (including phenoxy) is 2. The number of aromatic nitrogens is 2. The van der Waals surface area contributed by atoms with Crippen LogP contribution in [0, 0.1) is 13.8 Å². The molecule has 3 aromatic rings. The maximum absolute atomic E-state index is 13.2. The molecular formula is C25H28N4O3. The van der Waals surface area contributed by atoms with Gasteiger partial charge in [-0.2, -0.15) is 5.10 Å². The highest BCUT2D eigenvalue weighted by Gasteiger charge is 2.25. The normalized spacial score (nSPS) is 15.9. The van der Waals surface area contributed by atoms with Crippen molar-refractivity contribution < 1.29 is 14.3 Å². The average Bonchev–Trinajstić information content (AvgIpc) is 3.42. The van der Waals surface area contributed by atoms with Crippen LogP contribution in [0.25, 0.3) is 11.3 Å². The predicted molar refractivity (Wildman–Crippen MR) is 122 cm³/mol. The molecule has 0 spiro atoms. The van der Waals surface area contributed by atoms with E-state index in [9.17, 15) is 4.79 Å². The molecule has 2 aliphatic heterocycles. The lowest BCUT2D eigenvalue weighted by Crippen LogP contribution is -2.48. The van der Waals surface area contributed by atoms with E-state index in [1.165, 1.54) is 16.7 Å². The van der Waals surface area contributed by atoms with Crippen LogP contribution in [0.15, 0.2) is 42.5 Å². The fourth-order valence-corrected chi connectivity index (χ4v) is 4.28. The number of hydrogen-bond donors (Lipinski definition) is 0. The number of amides is 1. The van der Waals surface area contributed by atoms with Crippen LogP contribution < -0.4 is 9.47 Å². The molecule has 2 aliphatic rings. The molecule has 166 valence electrons. The largest absolute Gasteiger partial charge is 0.454 e. The zero-order valence-corrected chi connectivity index (χ0v) is 18.8. The van der Waals surface area contributed by atoms with Gasteiger partial charge in [0.05, 0.1) is 5.69 Å². The lowest BCUT2D eigenvalue weighted by atomic mass is 10.0. The van der Waals surface area contributed by atoms with E-state index in [1.54, 1.807) is 4.68 Å². The predicted octanol–water partition coefficient (Wildman–Crippen LogP) is 3.39. The Kier molecular flexibility index (Phi) is 5.35. The summed E-state index contributed by atoms with van der Waals surface area (Å²) >= 11 is 0. The number of aryl methyl sites for hydroxylation is 3. The van der Waals surface area contributed by atoms with E-state index in [4.69, 9.17) is 9.47 Å². The van der Waals surface area contributed by atoms with Crippen molar-refractivity contribution in [3.05, 3.63) is 64.8 Å². The molecule has 0 aliphatic carbocycles. The van der Waals surface area contributed by atoms with Crippen molar-refractivity contribution in [2.75, 3.05) is 33.0 Å². The van der Waals surface area contributed by atoms with Crippen LogP contribution in [-0.4, -0.2) is 58.5 Å². The third-order valence-corrected chi connectivity index (χ3v) is 6.40. The highest BCUT2D eigenvalue weighted by Crippen LogP contribution is 2.33. The summed E-state index contributed by atoms with van der Waals surface area (Å²) in [5.74, 6) is 1.66. The first-order valence-electron chi connectivity index (χ1n) is 11.0. The van der Waals surface area contributed by atoms with E-state index in [-0.39, 0.29) is 5.91 Å². The van der Waals surface area contributed by atoms with Gasteiger partial charge in [0.15, 0.2) is 11.5 Å². The fourth-order valence-electron chi connectivity index (χ4n) is 4.28. The van der Waals surface area contributed by atoms with Crippen LogP contribution in [0.3, 0.4) is 0 Å². The zero-order valence-electron chi connectivity index (χ0n) is 18.8. The Bertz CT molecular complexity index is 1160. The molecule has 1 fully saturated rings. The second-order valence-electron chi connectivity index (χ2n) is 8.59. The van der Waals surface area contributed by atoms with Gasteiger partial charge in [-0.1, -0.05) is 18.2 Å². The van der Waals surface area contributed by atoms with Gasteiger partial charge in [-0.3, -0.25) is 14.4 Å². The summed E-state index contributed by atoms with van der Waals surface area (Å²) in [5, 5.41) is 4.60. The summed E-state index contributed by atoms with van der Waals surface area (Å²) in [6.45, 7) is 8.39. The van der Waals surface area contributed by atoms with E-state index in [1.807, 2.05) is 30.1 Å². The number of carbonyl (C=O) groups excluding carboxylic acids is 1. The molecular weight excluding hydrogens is 404 g/mol. The number of piperazine rings is 1. The highest BCUT2D eigenvalue weighted by molar-refractivity contribution is 5.93. The topological polar surface area (TPSA) is 59.8 Å². The number of carbonyl (C=O) groups is 1. The molecule has 0 N–H and O–H groups in total. The highest BCUT2D eigenvalue weighted by atomic mass is 16.7. The SMILES string of the molecule is Cc1ccc(-c2cc(C(=O)N3CCN(Cc4ccc5c(c4)OCO5)CC3)n(C)n2)cc1C. The first-order valence-corrected chi connectivity index (χ1v) is 11.0. The molecule has 2 aromatic carbocycles. The second kappa shape index (κ2) is 8.31. The van der Waals surface area contributed by atoms with Crippen LogP contribution >= 0.6 is 0 Å². The summed E-state index contributed by atoms with van der Waals surface area (Å²) in [6.07, 6.45) is 0. The summed E-state index contributed by atoms with van der Waals surface area (Å²) < 4.78 is 12.6. The molecule has 1 saturated heterocycles. The first kappa shape index (κ1) is 20.6. The van der Waals surface area contributed by atoms with Crippen LogP contribution in [0.1, 0.15) is 27.2 Å². The third kappa shape index (κ3) is 3.96. The van der Waals surface area contributed by atoms with Gasteiger partial charge in [-0.05, 0) is 54.8 Å². The van der Waals surface area contributed by atoms with Crippen molar-refractivity contribution in [2.24, 2.45) is 7.05 Å². The molecule has 3 heterocycles. The van der Waals surface area contributed by atoms with E-state index in [0.717, 1.165) is 42.4 Å². The molecule has 7 nitrogen and oxygen atoms in total. The third-order valence-electron chi connectivity index (χ3n) is 6.40. The fraction of sp³-hybridized carbons (Fsp3) is 0.360. The maximum Gasteiger partial charge on any atom is 0.272 e. The summed E-state index contributed by atoms with van der Waals surface area (Å²) in [7, 11) is 1.84. The standard InChI is InChI=1S/C25H28N4O3/c1-17-4-6-20(12-18(17)2)21-14-22(27(3)26-21)25(30)29-10-8-28(9-11-29)15-19-5-7-23-24(13-19)32-16-31-23/h4-7,12-14H,8-11,15-16H2,1-3H3. The Labute approximate surface area is 188 Å². The Balaban J connectivity index is 1.23. The van der Waals surface area contributed by atoms with E-state index in [2.05, 4.69) is 48.1 Å². The minimum atomic E-state index is 0.0396. The Hall–Kier alpha value is -3.32. The zero-order chi connectivity index (χ0) is 22.2. The van der Waals surface area contributed by atoms with Crippen LogP contribution in [-0.2, 0) is 13.6 Å². The van der Waals surface area contributed by atoms with Crippen molar-refractivity contribution in [3.8, 4) is 22.8 Å². The number of rotatable bonds is 4. The lowest BCUT2D eigenvalue weighted by molar-refractivity contribution is 0.0617. The minimum absolute atomic E-state index is 0.0396. The quantitative estimate of drug-likeness (QED) is 0.633. The Morgan fingerprint density at radius 1 is 0.938 bits per heavy atom. The molecule has 0 saturated carbocycles. The summed E-state index contributed by atoms with van der Waals surface area (Å²) in [6, 6.07) is 14.3. The molecule has 32 heavy (non-hydrogen) atoms. The van der Waals surface area contributed by atoms with Crippen molar-refractivity contribution in [1.29, 1.82) is 0 Å². The molecule has 0 unspecified atom stereocenters. The molecule has 0 atom stereocenters. The van der Waals surface area contributed by atoms with Crippen molar-refractivity contribution in [1.82, 2.24) is 19.6 Å². The Morgan fingerprint density at radius 3 is 2.50 bits per heavy atom. The van der Waals surface area contributed by atoms with Gasteiger partial charge >= 0.3 is 0 Å². The second-order valence-corrected chi connectivity index (χ2v) is 8.59. The number of fused-ring (bicyclic) bond motifs is 1. The number of benzene rings is 2. The number of nitrogens with zero attached hydrogens (tertiary/aromatic N) is 4. The summed E-state index contributed by atoms with van der Waals surface area (Å²) in [4.78, 5) is 17.5. The number of hydrogen-bond acceptors (Lipinski definition) is 5. The van der Waals surface area contributed by atoms with Crippen molar-refractivity contribution in [2.45, 2.75) is 20.4 Å². The summed E-state index contributed by atoms with van der Waals surface area (Å²) in [5.41, 5.74) is 6.16. The Morgan fingerprint density at radius 2 is 1.72 bits per heavy atom. The monoisotopic (exact) mass is 432 g/mol. The molecule has 7 heteroatoms. The molecule has 1 amide bonds. The van der Waals surface area contributed by atoms with Gasteiger partial charge in [0.25, 0.3) is 5.91 Å². The smallest absolute Gasteiger partial charge is 0.272 e. The van der Waals surface area contributed by atoms with Gasteiger partial charge < -0.3 is 14.4 Å². The van der Waals surface area contributed by atoms with Crippen LogP contribution in [0.4, 0.5) is 0 Å². The van der Waals surface area contributed by atoms with Gasteiger partial charge in [0, 0.05) is 45.3 Å². The molecule has 0 radical (unpaired) electrons. The van der Waals surface area contributed by atoms with Crippen LogP contribution in [0.2, 0.25) is 0 Å². The van der Waals surface area contributed by atoms with Gasteiger partial charge in [0.2, 0.25) is 6.79 Å². The molecule has 5 rings (SSSR count). The first-order chi connectivity index (χ1) is 15.5. The molecule has 0 bridgehead atoms. The van der Waals surface area contributed by atoms with E-state index >= 15 is 0 Å². The lowest BCUT2D eigenvalue weighted by Gasteiger charge is -2.34.